The van der Waals surface area contributed by atoms with Crippen molar-refractivity contribution in [3.8, 4) is 11.8 Å². The van der Waals surface area contributed by atoms with Gasteiger partial charge in [-0.25, -0.2) is 0 Å². The van der Waals surface area contributed by atoms with Gasteiger partial charge in [-0.15, -0.1) is 5.92 Å². The fraction of sp³-hybridized carbons (Fsp3) is 0.875. The molecule has 5 aliphatic carbocycles. The Labute approximate surface area is 366 Å². The number of ether oxygens (including phenoxy) is 3. The van der Waals surface area contributed by atoms with Crippen LogP contribution in [0.3, 0.4) is 0 Å². The summed E-state index contributed by atoms with van der Waals surface area (Å²) in [7, 11) is 1.67. The van der Waals surface area contributed by atoms with Crippen molar-refractivity contribution in [3.63, 3.8) is 0 Å². The quantitative estimate of drug-likeness (QED) is 0.0684. The van der Waals surface area contributed by atoms with E-state index in [2.05, 4.69) is 29.4 Å². The lowest BCUT2D eigenvalue weighted by Gasteiger charge is -2.67. The minimum atomic E-state index is -2.89. The topological polar surface area (TPSA) is 210 Å². The van der Waals surface area contributed by atoms with Crippen molar-refractivity contribution in [3.05, 3.63) is 11.6 Å². The number of aliphatic hydroxyl groups is 6. The molecule has 16 unspecified atom stereocenters. The molecule has 0 radical (unpaired) electrons. The van der Waals surface area contributed by atoms with Crippen LogP contribution >= 0.6 is 0 Å². The second-order valence-corrected chi connectivity index (χ2v) is 21.6. The van der Waals surface area contributed by atoms with Crippen LogP contribution in [0.15, 0.2) is 11.6 Å². The number of piperidine rings is 1. The molecule has 5 aliphatic heterocycles. The van der Waals surface area contributed by atoms with Crippen LogP contribution in [0.2, 0.25) is 0 Å². The molecule has 1 spiro atoms. The predicted octanol–water partition coefficient (Wildman–Crippen LogP) is 1.91. The second-order valence-electron chi connectivity index (χ2n) is 21.6. The van der Waals surface area contributed by atoms with Crippen LogP contribution in [-0.4, -0.2) is 147 Å². The van der Waals surface area contributed by atoms with Crippen LogP contribution in [0.1, 0.15) is 117 Å². The lowest BCUT2D eigenvalue weighted by atomic mass is 9.37. The number of carbonyl (C=O) groups is 2. The van der Waals surface area contributed by atoms with Gasteiger partial charge >= 0.3 is 0 Å². The summed E-state index contributed by atoms with van der Waals surface area (Å²) in [6.45, 7) is 7.37. The molecule has 4 saturated carbocycles. The summed E-state index contributed by atoms with van der Waals surface area (Å²) in [6.07, 6.45) is 6.83. The average molecular weight is 868 g/mol. The molecule has 8 N–H and O–H groups in total. The highest BCUT2D eigenvalue weighted by atomic mass is 16.6. The molecule has 0 aromatic heterocycles. The van der Waals surface area contributed by atoms with E-state index in [4.69, 9.17) is 14.2 Å². The number of nitrogens with zero attached hydrogens (tertiary/aromatic N) is 1. The highest BCUT2D eigenvalue weighted by Crippen LogP contribution is 2.76. The number of allylic oxidation sites excluding steroid dienone is 1. The van der Waals surface area contributed by atoms with Gasteiger partial charge < -0.3 is 55.1 Å². The molecule has 5 heterocycles. The van der Waals surface area contributed by atoms with E-state index in [0.717, 1.165) is 44.9 Å². The van der Waals surface area contributed by atoms with Gasteiger partial charge in [-0.1, -0.05) is 32.1 Å². The summed E-state index contributed by atoms with van der Waals surface area (Å²) in [5, 5.41) is 81.1. The first-order valence-electron chi connectivity index (χ1n) is 24.0. The van der Waals surface area contributed by atoms with Gasteiger partial charge in [0.05, 0.1) is 35.3 Å². The number of aliphatic hydroxyl groups excluding tert-OH is 2. The first-order chi connectivity index (χ1) is 29.5. The van der Waals surface area contributed by atoms with Crippen molar-refractivity contribution in [2.45, 2.75) is 177 Å². The molecule has 1 amide bonds. The first kappa shape index (κ1) is 45.2. The summed E-state index contributed by atoms with van der Waals surface area (Å²) in [4.78, 5) is 30.8. The van der Waals surface area contributed by atoms with Crippen LogP contribution in [-0.2, 0) is 23.8 Å². The molecule has 0 aromatic rings. The van der Waals surface area contributed by atoms with Gasteiger partial charge in [0.15, 0.2) is 5.78 Å². The average Bonchev–Trinajstić information content (AvgIpc) is 3.79. The zero-order valence-electron chi connectivity index (χ0n) is 37.3. The highest BCUT2D eigenvalue weighted by molar-refractivity contribution is 5.96. The Bertz CT molecular complexity index is 1820. The minimum Gasteiger partial charge on any atom is -0.392 e. The highest BCUT2D eigenvalue weighted by Gasteiger charge is 2.78. The van der Waals surface area contributed by atoms with Crippen LogP contribution < -0.4 is 10.6 Å². The molecule has 7 bridgehead atoms. The largest absolute Gasteiger partial charge is 0.392 e. The molecule has 10 rings (SSSR count). The summed E-state index contributed by atoms with van der Waals surface area (Å²) in [5.74, 6) is 1.83. The molecule has 3 saturated heterocycles. The van der Waals surface area contributed by atoms with Gasteiger partial charge in [0.25, 0.3) is 0 Å². The molecule has 62 heavy (non-hydrogen) atoms. The van der Waals surface area contributed by atoms with Crippen LogP contribution in [0.25, 0.3) is 0 Å². The normalized spacial score (nSPS) is 47.7. The molecule has 346 valence electrons. The van der Waals surface area contributed by atoms with Crippen LogP contribution in [0.5, 0.6) is 0 Å². The Morgan fingerprint density at radius 3 is 2.53 bits per heavy atom. The number of methoxy groups -OCH3 is 1. The van der Waals surface area contributed by atoms with Crippen LogP contribution in [0.4, 0.5) is 0 Å². The Kier molecular flexibility index (Phi) is 12.0. The van der Waals surface area contributed by atoms with Crippen LogP contribution in [0, 0.1) is 57.7 Å². The van der Waals surface area contributed by atoms with Crippen molar-refractivity contribution >= 4 is 11.7 Å². The predicted molar refractivity (Wildman–Crippen MR) is 227 cm³/mol. The lowest BCUT2D eigenvalue weighted by molar-refractivity contribution is -0.348. The van der Waals surface area contributed by atoms with Crippen molar-refractivity contribution < 1.29 is 54.4 Å². The summed E-state index contributed by atoms with van der Waals surface area (Å²) < 4.78 is 18.1. The van der Waals surface area contributed by atoms with E-state index in [1.807, 2.05) is 0 Å². The van der Waals surface area contributed by atoms with Gasteiger partial charge in [-0.3, -0.25) is 14.9 Å². The maximum Gasteiger partial charge on any atom is 0.240 e. The summed E-state index contributed by atoms with van der Waals surface area (Å²) >= 11 is 0. The number of nitrogens with one attached hydrogen (secondary N) is 2. The van der Waals surface area contributed by atoms with E-state index in [9.17, 15) is 40.2 Å². The van der Waals surface area contributed by atoms with Gasteiger partial charge in [-0.2, -0.15) is 0 Å². The van der Waals surface area contributed by atoms with Gasteiger partial charge in [0.2, 0.25) is 11.7 Å². The fourth-order valence-corrected chi connectivity index (χ4v) is 15.2. The smallest absolute Gasteiger partial charge is 0.240 e. The van der Waals surface area contributed by atoms with E-state index in [1.165, 1.54) is 6.92 Å². The molecule has 10 aliphatic rings. The maximum atomic E-state index is 14.8. The SMILES string of the molecule is COCCCOC1CCC2(C)C(C1)C(=O)C=C1C3(O)CCC4C(C)(O)C(O)(O)C5OC6C(O)NC(CC6C5CNCC(C)O)C(=O)N5CC5CC#CC12CCC43C1CCCCC1. The molecule has 14 heteroatoms. The monoisotopic (exact) mass is 868 g/mol. The number of hydrogen-bond donors (Lipinski definition) is 8. The molecule has 7 fully saturated rings. The third-order valence-corrected chi connectivity index (χ3v) is 18.5. The molecular weight excluding hydrogens is 795 g/mol. The zero-order chi connectivity index (χ0) is 44.0. The Balaban J connectivity index is 1.18. The van der Waals surface area contributed by atoms with Crippen molar-refractivity contribution in [1.29, 1.82) is 0 Å². The van der Waals surface area contributed by atoms with E-state index in [1.54, 1.807) is 25.0 Å². The Hall–Kier alpha value is -2.00. The number of rotatable bonds is 10. The van der Waals surface area contributed by atoms with Crippen molar-refractivity contribution in [2.24, 2.45) is 45.8 Å². The molecule has 0 aromatic carbocycles. The van der Waals surface area contributed by atoms with Gasteiger partial charge in [0, 0.05) is 69.5 Å². The first-order valence-corrected chi connectivity index (χ1v) is 24.0. The van der Waals surface area contributed by atoms with Gasteiger partial charge in [0.1, 0.15) is 24.0 Å². The number of amides is 1. The minimum absolute atomic E-state index is 0.0348. The van der Waals surface area contributed by atoms with E-state index in [0.29, 0.717) is 57.4 Å². The standard InChI is InChI=1S/C48H73N3O11/c1-28(52)25-49-26-33-32-23-35-42(55)51-27-30(51)12-8-15-45-18-19-46(29-10-6-5-7-11-29)37(44(3,56)48(58,59)40(33)62-39(32)41(54)50-35)14-17-47(46,57)38(45)24-36(53)34-22-31(13-16-43(34,45)2)61-21-9-20-60-4/h24,28-35,37,39-41,49-50,52,54,56-59H,5-7,9-14,16-23,25-27H2,1-4H3. The number of carbonyl (C=O) groups excluding carboxylic acids is 2. The fourth-order valence-electron chi connectivity index (χ4n) is 15.2. The summed E-state index contributed by atoms with van der Waals surface area (Å²) in [6, 6.07) is -0.881. The summed E-state index contributed by atoms with van der Waals surface area (Å²) in [5.41, 5.74) is -5.77. The maximum absolute atomic E-state index is 14.8. The lowest BCUT2D eigenvalue weighted by Crippen LogP contribution is -2.71. The van der Waals surface area contributed by atoms with Crippen molar-refractivity contribution in [2.75, 3.05) is 40.0 Å². The Morgan fingerprint density at radius 1 is 1.02 bits per heavy atom. The number of fused-ring (bicyclic) bond motifs is 4. The zero-order valence-corrected chi connectivity index (χ0v) is 37.3. The molecule has 16 atom stereocenters. The Morgan fingerprint density at radius 2 is 1.79 bits per heavy atom. The number of hydrogen-bond acceptors (Lipinski definition) is 13. The van der Waals surface area contributed by atoms with E-state index >= 15 is 0 Å². The van der Waals surface area contributed by atoms with E-state index < -0.39 is 81.6 Å². The third kappa shape index (κ3) is 6.76. The third-order valence-electron chi connectivity index (χ3n) is 18.5. The second kappa shape index (κ2) is 16.4. The molecular formula is C48H73N3O11. The number of ketones is 1. The van der Waals surface area contributed by atoms with E-state index in [-0.39, 0.29) is 68.0 Å². The van der Waals surface area contributed by atoms with Gasteiger partial charge in [-0.05, 0) is 113 Å². The molecule has 14 nitrogen and oxygen atoms in total. The van der Waals surface area contributed by atoms with Crippen molar-refractivity contribution in [1.82, 2.24) is 15.5 Å².